The summed E-state index contributed by atoms with van der Waals surface area (Å²) in [5.41, 5.74) is 6.76. The van der Waals surface area contributed by atoms with Gasteiger partial charge in [-0.3, -0.25) is 0 Å². The van der Waals surface area contributed by atoms with Crippen LogP contribution in [0, 0.1) is 5.92 Å². The van der Waals surface area contributed by atoms with Gasteiger partial charge in [-0.15, -0.1) is 12.4 Å². The van der Waals surface area contributed by atoms with Crippen molar-refractivity contribution in [3.8, 4) is 5.75 Å². The molecule has 0 spiro atoms. The number of halogens is 4. The summed E-state index contributed by atoms with van der Waals surface area (Å²) in [5, 5.41) is 19.9. The Balaban J connectivity index is 0.00000162. The van der Waals surface area contributed by atoms with Crippen molar-refractivity contribution < 1.29 is 10.2 Å². The molecule has 0 radical (unpaired) electrons. The zero-order valence-corrected chi connectivity index (χ0v) is 14.8. The number of nitrogens with two attached hydrogens (primary N) is 1. The summed E-state index contributed by atoms with van der Waals surface area (Å²) in [6.07, 6.45) is 1.47. The van der Waals surface area contributed by atoms with Crippen LogP contribution in [0.25, 0.3) is 0 Å². The van der Waals surface area contributed by atoms with E-state index in [1.807, 2.05) is 0 Å². The van der Waals surface area contributed by atoms with Gasteiger partial charge in [-0.2, -0.15) is 0 Å². The van der Waals surface area contributed by atoms with E-state index in [0.29, 0.717) is 14.5 Å². The summed E-state index contributed by atoms with van der Waals surface area (Å²) in [5.74, 6) is 0.385. The summed E-state index contributed by atoms with van der Waals surface area (Å²) in [6.45, 7) is 0. The van der Waals surface area contributed by atoms with Crippen molar-refractivity contribution in [1.82, 2.24) is 0 Å². The molecule has 4 N–H and O–H groups in total. The van der Waals surface area contributed by atoms with Crippen LogP contribution >= 0.6 is 60.2 Å². The van der Waals surface area contributed by atoms with Gasteiger partial charge < -0.3 is 15.9 Å². The maximum Gasteiger partial charge on any atom is 0.144 e. The molecule has 1 aromatic carbocycles. The van der Waals surface area contributed by atoms with Crippen molar-refractivity contribution in [1.29, 1.82) is 0 Å². The van der Waals surface area contributed by atoms with E-state index in [0.717, 1.165) is 17.3 Å². The standard InChI is InChI=1S/C11H12Br3NO2.ClH/c12-5-3-6(13)11(17)8(14)7(5)9(15)10(16)4-1-2-4;/h3-4,9-10,16-17H,1-2,15H2;1H/t9-,10+;/m1./s1. The molecular weight excluding hydrogens is 453 g/mol. The Morgan fingerprint density at radius 2 is 1.78 bits per heavy atom. The third kappa shape index (κ3) is 3.22. The van der Waals surface area contributed by atoms with E-state index in [4.69, 9.17) is 5.73 Å². The minimum Gasteiger partial charge on any atom is -0.506 e. The number of aliphatic hydroxyl groups is 1. The summed E-state index contributed by atoms with van der Waals surface area (Å²) in [7, 11) is 0. The van der Waals surface area contributed by atoms with Crippen LogP contribution in [0.4, 0.5) is 0 Å². The van der Waals surface area contributed by atoms with Crippen molar-refractivity contribution in [2.45, 2.75) is 25.0 Å². The molecule has 1 fully saturated rings. The van der Waals surface area contributed by atoms with Crippen molar-refractivity contribution >= 4 is 60.2 Å². The van der Waals surface area contributed by atoms with E-state index >= 15 is 0 Å². The van der Waals surface area contributed by atoms with Gasteiger partial charge in [0.05, 0.1) is 21.1 Å². The number of aliphatic hydroxyl groups excluding tert-OH is 1. The number of hydrogen-bond acceptors (Lipinski definition) is 3. The molecule has 102 valence electrons. The first-order chi connectivity index (χ1) is 7.93. The van der Waals surface area contributed by atoms with E-state index < -0.39 is 12.1 Å². The van der Waals surface area contributed by atoms with Gasteiger partial charge >= 0.3 is 0 Å². The Labute approximate surface area is 137 Å². The van der Waals surface area contributed by atoms with Crippen LogP contribution in [-0.4, -0.2) is 16.3 Å². The number of hydrogen-bond donors (Lipinski definition) is 3. The van der Waals surface area contributed by atoms with Gasteiger partial charge in [0.15, 0.2) is 0 Å². The second kappa shape index (κ2) is 6.41. The molecule has 0 bridgehead atoms. The monoisotopic (exact) mass is 463 g/mol. The molecule has 0 unspecified atom stereocenters. The fourth-order valence-corrected chi connectivity index (χ4v) is 4.45. The average Bonchev–Trinajstić information content (AvgIpc) is 3.08. The van der Waals surface area contributed by atoms with Gasteiger partial charge in [0, 0.05) is 10.0 Å². The van der Waals surface area contributed by atoms with Crippen molar-refractivity contribution in [2.24, 2.45) is 11.7 Å². The topological polar surface area (TPSA) is 66.5 Å². The first kappa shape index (κ1) is 16.7. The van der Waals surface area contributed by atoms with E-state index in [9.17, 15) is 10.2 Å². The highest BCUT2D eigenvalue weighted by molar-refractivity contribution is 9.11. The third-order valence-corrected chi connectivity index (χ3v) is 5.05. The molecule has 1 aliphatic carbocycles. The fraction of sp³-hybridized carbons (Fsp3) is 0.455. The summed E-state index contributed by atoms with van der Waals surface area (Å²) in [4.78, 5) is 0. The maximum absolute atomic E-state index is 10.1. The highest BCUT2D eigenvalue weighted by Crippen LogP contribution is 2.45. The molecule has 0 heterocycles. The van der Waals surface area contributed by atoms with Crippen LogP contribution in [0.15, 0.2) is 19.5 Å². The molecule has 0 amide bonds. The van der Waals surface area contributed by atoms with Gasteiger partial charge in [-0.25, -0.2) is 0 Å². The third-order valence-electron chi connectivity index (χ3n) is 2.99. The predicted molar refractivity (Wildman–Crippen MR) is 84.1 cm³/mol. The van der Waals surface area contributed by atoms with Crippen LogP contribution in [-0.2, 0) is 0 Å². The van der Waals surface area contributed by atoms with Crippen molar-refractivity contribution in [2.75, 3.05) is 0 Å². The molecule has 1 aromatic rings. The molecule has 2 rings (SSSR count). The summed E-state index contributed by atoms with van der Waals surface area (Å²) >= 11 is 9.97. The first-order valence-electron chi connectivity index (χ1n) is 5.23. The Hall–Kier alpha value is 0.670. The Kier molecular flexibility index (Phi) is 5.96. The predicted octanol–water partition coefficient (Wildman–Crippen LogP) is 3.87. The summed E-state index contributed by atoms with van der Waals surface area (Å²) in [6, 6.07) is 1.22. The van der Waals surface area contributed by atoms with E-state index in [2.05, 4.69) is 47.8 Å². The van der Waals surface area contributed by atoms with Crippen LogP contribution in [0.3, 0.4) is 0 Å². The van der Waals surface area contributed by atoms with Crippen LogP contribution in [0.5, 0.6) is 5.75 Å². The highest BCUT2D eigenvalue weighted by Gasteiger charge is 2.36. The van der Waals surface area contributed by atoms with E-state index in [1.165, 1.54) is 0 Å². The largest absolute Gasteiger partial charge is 0.506 e. The lowest BCUT2D eigenvalue weighted by Gasteiger charge is -2.22. The summed E-state index contributed by atoms with van der Waals surface area (Å²) < 4.78 is 1.86. The maximum atomic E-state index is 10.1. The lowest BCUT2D eigenvalue weighted by Crippen LogP contribution is -2.28. The Bertz CT molecular complexity index is 454. The minimum absolute atomic E-state index is 0. The minimum atomic E-state index is -0.567. The Morgan fingerprint density at radius 1 is 1.22 bits per heavy atom. The highest BCUT2D eigenvalue weighted by atomic mass is 79.9. The Morgan fingerprint density at radius 3 is 2.28 bits per heavy atom. The molecule has 1 saturated carbocycles. The van der Waals surface area contributed by atoms with Gasteiger partial charge in [0.1, 0.15) is 5.75 Å². The van der Waals surface area contributed by atoms with E-state index in [-0.39, 0.29) is 24.1 Å². The molecule has 0 aliphatic heterocycles. The molecule has 7 heteroatoms. The second-order valence-electron chi connectivity index (χ2n) is 4.27. The van der Waals surface area contributed by atoms with Crippen LogP contribution in [0.1, 0.15) is 24.4 Å². The van der Waals surface area contributed by atoms with Gasteiger partial charge in [0.25, 0.3) is 0 Å². The zero-order chi connectivity index (χ0) is 12.7. The van der Waals surface area contributed by atoms with Gasteiger partial charge in [-0.1, -0.05) is 15.9 Å². The zero-order valence-electron chi connectivity index (χ0n) is 9.24. The number of phenolic OH excluding ortho intramolecular Hbond substituents is 1. The quantitative estimate of drug-likeness (QED) is 0.634. The molecule has 1 aliphatic rings. The molecule has 18 heavy (non-hydrogen) atoms. The lowest BCUT2D eigenvalue weighted by atomic mass is 9.99. The smallest absolute Gasteiger partial charge is 0.144 e. The van der Waals surface area contributed by atoms with Crippen LogP contribution in [0.2, 0.25) is 0 Å². The first-order valence-corrected chi connectivity index (χ1v) is 7.61. The van der Waals surface area contributed by atoms with Gasteiger partial charge in [0.2, 0.25) is 0 Å². The number of aromatic hydroxyl groups is 1. The fourth-order valence-electron chi connectivity index (χ4n) is 1.80. The molecule has 3 nitrogen and oxygen atoms in total. The molecule has 0 aromatic heterocycles. The van der Waals surface area contributed by atoms with Crippen molar-refractivity contribution in [3.05, 3.63) is 25.0 Å². The number of rotatable bonds is 3. The average molecular weight is 466 g/mol. The second-order valence-corrected chi connectivity index (χ2v) is 6.77. The van der Waals surface area contributed by atoms with Gasteiger partial charge in [-0.05, 0) is 56.7 Å². The molecular formula is C11H13Br3ClNO2. The van der Waals surface area contributed by atoms with E-state index in [1.54, 1.807) is 6.07 Å². The SMILES string of the molecule is Cl.N[C@H](c1c(Br)cc(Br)c(O)c1Br)[C@@H](O)C1CC1. The number of phenols is 1. The molecule has 2 atom stereocenters. The normalized spacial score (nSPS) is 18.1. The number of benzene rings is 1. The lowest BCUT2D eigenvalue weighted by molar-refractivity contribution is 0.121. The molecule has 0 saturated heterocycles. The van der Waals surface area contributed by atoms with Crippen LogP contribution < -0.4 is 5.73 Å². The van der Waals surface area contributed by atoms with Crippen molar-refractivity contribution in [3.63, 3.8) is 0 Å².